The first-order chi connectivity index (χ1) is 10.0. The van der Waals surface area contributed by atoms with Crippen molar-refractivity contribution in [3.63, 3.8) is 0 Å². The van der Waals surface area contributed by atoms with Crippen LogP contribution in [-0.2, 0) is 11.2 Å². The molecule has 5 heteroatoms. The Kier molecular flexibility index (Phi) is 5.28. The minimum absolute atomic E-state index is 0.137. The molecule has 1 unspecified atom stereocenters. The number of rotatable bonds is 5. The molecule has 0 amide bonds. The van der Waals surface area contributed by atoms with Gasteiger partial charge in [-0.1, -0.05) is 35.9 Å². The monoisotopic (exact) mass is 312 g/mol. The van der Waals surface area contributed by atoms with Gasteiger partial charge in [0.25, 0.3) is 0 Å². The molecule has 0 aliphatic carbocycles. The van der Waals surface area contributed by atoms with Crippen molar-refractivity contribution in [2.75, 3.05) is 13.7 Å². The fourth-order valence-electron chi connectivity index (χ4n) is 2.01. The van der Waals surface area contributed by atoms with Crippen LogP contribution in [0.2, 0.25) is 5.02 Å². The molecule has 0 spiro atoms. The number of hydrogen-bond donors (Lipinski definition) is 1. The number of aliphatic hydroxyl groups excluding tert-OH is 1. The molecule has 2 nitrogen and oxygen atoms in total. The molecule has 0 aliphatic heterocycles. The summed E-state index contributed by atoms with van der Waals surface area (Å²) in [7, 11) is 1.62. The van der Waals surface area contributed by atoms with Gasteiger partial charge in [-0.25, -0.2) is 8.78 Å². The molecule has 0 aromatic heterocycles. The molecule has 0 saturated carbocycles. The lowest BCUT2D eigenvalue weighted by molar-refractivity contribution is 0.202. The summed E-state index contributed by atoms with van der Waals surface area (Å²) in [6.45, 7) is 0.596. The summed E-state index contributed by atoms with van der Waals surface area (Å²) in [5.41, 5.74) is 1.38. The van der Waals surface area contributed by atoms with Crippen LogP contribution in [0.4, 0.5) is 8.78 Å². The highest BCUT2D eigenvalue weighted by molar-refractivity contribution is 6.30. The van der Waals surface area contributed by atoms with E-state index in [1.54, 1.807) is 19.2 Å². The molecule has 0 fully saturated rings. The molecule has 112 valence electrons. The maximum atomic E-state index is 13.8. The van der Waals surface area contributed by atoms with Crippen LogP contribution >= 0.6 is 11.6 Å². The summed E-state index contributed by atoms with van der Waals surface area (Å²) in [6, 6.07) is 8.79. The number of hydrogen-bond acceptors (Lipinski definition) is 2. The lowest BCUT2D eigenvalue weighted by Crippen LogP contribution is -2.04. The van der Waals surface area contributed by atoms with E-state index < -0.39 is 17.7 Å². The Balaban J connectivity index is 2.23. The second-order valence-corrected chi connectivity index (χ2v) is 5.08. The van der Waals surface area contributed by atoms with E-state index in [-0.39, 0.29) is 10.6 Å². The smallest absolute Gasteiger partial charge is 0.142 e. The molecule has 0 bridgehead atoms. The first-order valence-electron chi connectivity index (χ1n) is 6.43. The van der Waals surface area contributed by atoms with Gasteiger partial charge < -0.3 is 9.84 Å². The number of halogens is 3. The fraction of sp³-hybridized carbons (Fsp3) is 0.250. The Bertz CT molecular complexity index is 614. The normalized spacial score (nSPS) is 12.4. The molecule has 1 N–H and O–H groups in total. The maximum absolute atomic E-state index is 13.8. The van der Waals surface area contributed by atoms with Crippen LogP contribution in [-0.4, -0.2) is 18.8 Å². The van der Waals surface area contributed by atoms with Gasteiger partial charge in [0.05, 0.1) is 11.6 Å². The summed E-state index contributed by atoms with van der Waals surface area (Å²) < 4.78 is 32.2. The summed E-state index contributed by atoms with van der Waals surface area (Å²) >= 11 is 5.50. The molecule has 21 heavy (non-hydrogen) atoms. The average Bonchev–Trinajstić information content (AvgIpc) is 2.48. The van der Waals surface area contributed by atoms with E-state index in [4.69, 9.17) is 16.3 Å². The van der Waals surface area contributed by atoms with E-state index in [1.807, 2.05) is 12.1 Å². The van der Waals surface area contributed by atoms with Crippen molar-refractivity contribution in [3.05, 3.63) is 69.7 Å². The largest absolute Gasteiger partial charge is 0.384 e. The van der Waals surface area contributed by atoms with Crippen LogP contribution in [0.25, 0.3) is 0 Å². The van der Waals surface area contributed by atoms with Gasteiger partial charge in [0.1, 0.15) is 17.7 Å². The van der Waals surface area contributed by atoms with Crippen LogP contribution in [0.5, 0.6) is 0 Å². The molecule has 0 saturated heterocycles. The van der Waals surface area contributed by atoms with Crippen molar-refractivity contribution < 1.29 is 18.6 Å². The van der Waals surface area contributed by atoms with Crippen LogP contribution in [0.1, 0.15) is 22.8 Å². The van der Waals surface area contributed by atoms with E-state index in [1.165, 1.54) is 0 Å². The molecule has 2 rings (SSSR count). The Hall–Kier alpha value is -1.49. The van der Waals surface area contributed by atoms with Gasteiger partial charge in [0.15, 0.2) is 0 Å². The van der Waals surface area contributed by atoms with Gasteiger partial charge >= 0.3 is 0 Å². The molecular weight excluding hydrogens is 298 g/mol. The Morgan fingerprint density at radius 2 is 1.81 bits per heavy atom. The van der Waals surface area contributed by atoms with E-state index in [0.717, 1.165) is 24.1 Å². The van der Waals surface area contributed by atoms with Crippen molar-refractivity contribution in [3.8, 4) is 0 Å². The van der Waals surface area contributed by atoms with Crippen molar-refractivity contribution in [2.45, 2.75) is 12.5 Å². The minimum atomic E-state index is -1.24. The van der Waals surface area contributed by atoms with E-state index in [9.17, 15) is 13.9 Å². The topological polar surface area (TPSA) is 29.5 Å². The van der Waals surface area contributed by atoms with Crippen LogP contribution in [0.3, 0.4) is 0 Å². The first kappa shape index (κ1) is 15.9. The Morgan fingerprint density at radius 1 is 1.14 bits per heavy atom. The van der Waals surface area contributed by atoms with Crippen molar-refractivity contribution in [2.24, 2.45) is 0 Å². The quantitative estimate of drug-likeness (QED) is 0.849. The molecular formula is C16H15ClF2O2. The molecule has 0 aliphatic rings. The third-order valence-corrected chi connectivity index (χ3v) is 3.51. The maximum Gasteiger partial charge on any atom is 0.142 e. The highest BCUT2D eigenvalue weighted by Gasteiger charge is 2.17. The molecule has 0 radical (unpaired) electrons. The highest BCUT2D eigenvalue weighted by atomic mass is 35.5. The van der Waals surface area contributed by atoms with Crippen molar-refractivity contribution >= 4 is 11.6 Å². The van der Waals surface area contributed by atoms with E-state index in [0.29, 0.717) is 12.2 Å². The number of aliphatic hydroxyl groups is 1. The molecule has 2 aromatic rings. The second kappa shape index (κ2) is 6.98. The zero-order chi connectivity index (χ0) is 15.4. The zero-order valence-corrected chi connectivity index (χ0v) is 12.2. The van der Waals surface area contributed by atoms with Crippen LogP contribution in [0, 0.1) is 11.6 Å². The SMILES string of the molecule is COCCc1ccc(C(O)c2cc(F)c(Cl)cc2F)cc1. The van der Waals surface area contributed by atoms with Gasteiger partial charge in [0.2, 0.25) is 0 Å². The average molecular weight is 313 g/mol. The van der Waals surface area contributed by atoms with Crippen LogP contribution < -0.4 is 0 Å². The summed E-state index contributed by atoms with van der Waals surface area (Å²) in [6.07, 6.45) is -0.496. The predicted molar refractivity (Wildman–Crippen MR) is 77.5 cm³/mol. The zero-order valence-electron chi connectivity index (χ0n) is 11.4. The third-order valence-electron chi connectivity index (χ3n) is 3.22. The molecule has 1 atom stereocenters. The second-order valence-electron chi connectivity index (χ2n) is 4.67. The van der Waals surface area contributed by atoms with Crippen molar-refractivity contribution in [1.82, 2.24) is 0 Å². The summed E-state index contributed by atoms with van der Waals surface area (Å²) in [5, 5.41) is 9.87. The Labute approximate surface area is 126 Å². The minimum Gasteiger partial charge on any atom is -0.384 e. The summed E-state index contributed by atoms with van der Waals surface area (Å²) in [4.78, 5) is 0. The highest BCUT2D eigenvalue weighted by Crippen LogP contribution is 2.28. The van der Waals surface area contributed by atoms with E-state index >= 15 is 0 Å². The van der Waals surface area contributed by atoms with Gasteiger partial charge in [-0.05, 0) is 29.7 Å². The predicted octanol–water partition coefficient (Wildman–Crippen LogP) is 3.89. The molecule has 2 aromatic carbocycles. The van der Waals surface area contributed by atoms with Crippen LogP contribution in [0.15, 0.2) is 36.4 Å². The molecule has 0 heterocycles. The van der Waals surface area contributed by atoms with Gasteiger partial charge in [0, 0.05) is 12.7 Å². The van der Waals surface area contributed by atoms with Crippen molar-refractivity contribution in [1.29, 1.82) is 0 Å². The number of benzene rings is 2. The number of methoxy groups -OCH3 is 1. The Morgan fingerprint density at radius 3 is 2.43 bits per heavy atom. The standard InChI is InChI=1S/C16H15ClF2O2/c1-21-7-6-10-2-4-11(5-3-10)16(20)12-8-15(19)13(17)9-14(12)18/h2-5,8-9,16,20H,6-7H2,1H3. The van der Waals surface area contributed by atoms with Gasteiger partial charge in [-0.15, -0.1) is 0 Å². The summed E-state index contributed by atoms with van der Waals surface area (Å²) in [5.74, 6) is -1.50. The fourth-order valence-corrected chi connectivity index (χ4v) is 2.16. The first-order valence-corrected chi connectivity index (χ1v) is 6.81. The van der Waals surface area contributed by atoms with Gasteiger partial charge in [-0.2, -0.15) is 0 Å². The lowest BCUT2D eigenvalue weighted by Gasteiger charge is -2.13. The van der Waals surface area contributed by atoms with Gasteiger partial charge in [-0.3, -0.25) is 0 Å². The third kappa shape index (κ3) is 3.79. The lowest BCUT2D eigenvalue weighted by atomic mass is 9.99. The number of ether oxygens (including phenoxy) is 1. The van der Waals surface area contributed by atoms with E-state index in [2.05, 4.69) is 0 Å².